The highest BCUT2D eigenvalue weighted by atomic mass is 16.5. The topological polar surface area (TPSA) is 9.23 Å². The fourth-order valence-corrected chi connectivity index (χ4v) is 3.65. The van der Waals surface area contributed by atoms with Crippen LogP contribution in [0.5, 0.6) is 5.75 Å². The predicted molar refractivity (Wildman–Crippen MR) is 100.0 cm³/mol. The summed E-state index contributed by atoms with van der Waals surface area (Å²) in [6, 6.07) is 13.1. The van der Waals surface area contributed by atoms with Crippen LogP contribution in [0.1, 0.15) is 57.4 Å². The van der Waals surface area contributed by atoms with Crippen molar-refractivity contribution < 1.29 is 4.74 Å². The first-order valence-electron chi connectivity index (χ1n) is 9.07. The van der Waals surface area contributed by atoms with Crippen LogP contribution in [0, 0.1) is 5.92 Å². The van der Waals surface area contributed by atoms with E-state index in [4.69, 9.17) is 4.74 Å². The number of benzene rings is 2. The lowest BCUT2D eigenvalue weighted by atomic mass is 9.83. The normalized spacial score (nSPS) is 18.0. The molecule has 122 valence electrons. The third-order valence-electron chi connectivity index (χ3n) is 5.15. The van der Waals surface area contributed by atoms with E-state index in [1.54, 1.807) is 7.11 Å². The molecule has 1 aliphatic carbocycles. The molecule has 1 aliphatic rings. The molecule has 0 bridgehead atoms. The summed E-state index contributed by atoms with van der Waals surface area (Å²) in [7, 11) is 1.72. The minimum absolute atomic E-state index is 0.912. The highest BCUT2D eigenvalue weighted by Gasteiger charge is 2.15. The Morgan fingerprint density at radius 1 is 1.04 bits per heavy atom. The second-order valence-corrected chi connectivity index (χ2v) is 6.79. The summed E-state index contributed by atoms with van der Waals surface area (Å²) >= 11 is 0. The SMILES string of the molecule is CCCCCC1CC=C(c2ccc3cc(OC)ccc3c2)CC1. The Balaban J connectivity index is 1.71. The van der Waals surface area contributed by atoms with Crippen molar-refractivity contribution in [3.8, 4) is 5.75 Å². The van der Waals surface area contributed by atoms with Crippen molar-refractivity contribution in [1.82, 2.24) is 0 Å². The first-order chi connectivity index (χ1) is 11.3. The average Bonchev–Trinajstić information content (AvgIpc) is 2.61. The molecule has 0 aromatic heterocycles. The van der Waals surface area contributed by atoms with Crippen LogP contribution in [0.3, 0.4) is 0 Å². The molecule has 2 aromatic carbocycles. The molecule has 0 saturated heterocycles. The molecule has 0 aliphatic heterocycles. The average molecular weight is 308 g/mol. The quantitative estimate of drug-likeness (QED) is 0.545. The van der Waals surface area contributed by atoms with Gasteiger partial charge < -0.3 is 4.74 Å². The zero-order chi connectivity index (χ0) is 16.1. The van der Waals surface area contributed by atoms with Crippen LogP contribution in [-0.2, 0) is 0 Å². The van der Waals surface area contributed by atoms with E-state index >= 15 is 0 Å². The Hall–Kier alpha value is -1.76. The number of methoxy groups -OCH3 is 1. The van der Waals surface area contributed by atoms with Crippen LogP contribution in [-0.4, -0.2) is 7.11 Å². The standard InChI is InChI=1S/C22H28O/c1-3-4-5-6-17-7-9-18(10-8-17)19-11-12-21-16-22(23-2)14-13-20(21)15-19/h9,11-17H,3-8,10H2,1-2H3. The Labute approximate surface area is 140 Å². The van der Waals surface area contributed by atoms with Gasteiger partial charge in [-0.05, 0) is 65.3 Å². The zero-order valence-corrected chi connectivity index (χ0v) is 14.5. The van der Waals surface area contributed by atoms with E-state index in [0.29, 0.717) is 0 Å². The van der Waals surface area contributed by atoms with Gasteiger partial charge in [0.1, 0.15) is 5.75 Å². The molecular weight excluding hydrogens is 280 g/mol. The van der Waals surface area contributed by atoms with Crippen molar-refractivity contribution in [3.63, 3.8) is 0 Å². The number of hydrogen-bond acceptors (Lipinski definition) is 1. The Kier molecular flexibility index (Phi) is 5.38. The predicted octanol–water partition coefficient (Wildman–Crippen LogP) is 6.61. The zero-order valence-electron chi connectivity index (χ0n) is 14.5. The molecule has 1 heteroatoms. The number of fused-ring (bicyclic) bond motifs is 1. The van der Waals surface area contributed by atoms with E-state index in [0.717, 1.165) is 11.7 Å². The van der Waals surface area contributed by atoms with Gasteiger partial charge in [0.25, 0.3) is 0 Å². The number of allylic oxidation sites excluding steroid dienone is 2. The molecule has 0 saturated carbocycles. The van der Waals surface area contributed by atoms with Crippen LogP contribution < -0.4 is 4.74 Å². The third-order valence-corrected chi connectivity index (χ3v) is 5.15. The maximum atomic E-state index is 5.31. The highest BCUT2D eigenvalue weighted by molar-refractivity contribution is 5.87. The molecule has 1 nitrogen and oxygen atoms in total. The third kappa shape index (κ3) is 3.96. The van der Waals surface area contributed by atoms with Crippen LogP contribution in [0.4, 0.5) is 0 Å². The number of unbranched alkanes of at least 4 members (excludes halogenated alkanes) is 2. The van der Waals surface area contributed by atoms with E-state index in [-0.39, 0.29) is 0 Å². The lowest BCUT2D eigenvalue weighted by Crippen LogP contribution is -2.05. The first-order valence-corrected chi connectivity index (χ1v) is 9.07. The molecule has 1 unspecified atom stereocenters. The van der Waals surface area contributed by atoms with Crippen LogP contribution >= 0.6 is 0 Å². The minimum Gasteiger partial charge on any atom is -0.497 e. The Bertz CT molecular complexity index is 683. The molecule has 23 heavy (non-hydrogen) atoms. The van der Waals surface area contributed by atoms with Gasteiger partial charge in [-0.25, -0.2) is 0 Å². The molecule has 1 atom stereocenters. The summed E-state index contributed by atoms with van der Waals surface area (Å²) < 4.78 is 5.31. The van der Waals surface area contributed by atoms with Gasteiger partial charge in [-0.3, -0.25) is 0 Å². The number of ether oxygens (including phenoxy) is 1. The summed E-state index contributed by atoms with van der Waals surface area (Å²) in [6.07, 6.45) is 11.9. The molecule has 2 aromatic rings. The fraction of sp³-hybridized carbons (Fsp3) is 0.455. The minimum atomic E-state index is 0.912. The molecule has 0 amide bonds. The maximum absolute atomic E-state index is 5.31. The lowest BCUT2D eigenvalue weighted by molar-refractivity contribution is 0.415. The Morgan fingerprint density at radius 2 is 1.87 bits per heavy atom. The molecule has 0 spiro atoms. The van der Waals surface area contributed by atoms with Crippen molar-refractivity contribution in [3.05, 3.63) is 48.0 Å². The van der Waals surface area contributed by atoms with Crippen molar-refractivity contribution in [1.29, 1.82) is 0 Å². The van der Waals surface area contributed by atoms with E-state index in [2.05, 4.69) is 43.3 Å². The highest BCUT2D eigenvalue weighted by Crippen LogP contribution is 2.34. The van der Waals surface area contributed by atoms with E-state index in [1.807, 2.05) is 6.07 Å². The molecule has 0 radical (unpaired) electrons. The van der Waals surface area contributed by atoms with Gasteiger partial charge in [-0.1, -0.05) is 56.9 Å². The van der Waals surface area contributed by atoms with E-state index in [9.17, 15) is 0 Å². The van der Waals surface area contributed by atoms with Gasteiger partial charge >= 0.3 is 0 Å². The van der Waals surface area contributed by atoms with Gasteiger partial charge in [-0.2, -0.15) is 0 Å². The van der Waals surface area contributed by atoms with Crippen LogP contribution in [0.25, 0.3) is 16.3 Å². The summed E-state index contributed by atoms with van der Waals surface area (Å²) in [6.45, 7) is 2.29. The first kappa shape index (κ1) is 16.1. The van der Waals surface area contributed by atoms with E-state index in [1.165, 1.54) is 66.9 Å². The maximum Gasteiger partial charge on any atom is 0.119 e. The van der Waals surface area contributed by atoms with Crippen molar-refractivity contribution in [2.45, 2.75) is 51.9 Å². The van der Waals surface area contributed by atoms with Gasteiger partial charge in [0.05, 0.1) is 7.11 Å². The second-order valence-electron chi connectivity index (χ2n) is 6.79. The molecule has 0 heterocycles. The van der Waals surface area contributed by atoms with Crippen molar-refractivity contribution in [2.75, 3.05) is 7.11 Å². The van der Waals surface area contributed by atoms with Gasteiger partial charge in [-0.15, -0.1) is 0 Å². The van der Waals surface area contributed by atoms with Crippen LogP contribution in [0.2, 0.25) is 0 Å². The van der Waals surface area contributed by atoms with Gasteiger partial charge in [0, 0.05) is 0 Å². The number of rotatable bonds is 6. The Morgan fingerprint density at radius 3 is 2.61 bits per heavy atom. The molecule has 3 rings (SSSR count). The van der Waals surface area contributed by atoms with E-state index < -0.39 is 0 Å². The molecule has 0 fully saturated rings. The second kappa shape index (κ2) is 7.68. The largest absolute Gasteiger partial charge is 0.497 e. The van der Waals surface area contributed by atoms with Gasteiger partial charge in [0.15, 0.2) is 0 Å². The molecule has 0 N–H and O–H groups in total. The van der Waals surface area contributed by atoms with Gasteiger partial charge in [0.2, 0.25) is 0 Å². The van der Waals surface area contributed by atoms with Crippen molar-refractivity contribution in [2.24, 2.45) is 5.92 Å². The summed E-state index contributed by atoms with van der Waals surface area (Å²) in [5, 5.41) is 2.55. The van der Waals surface area contributed by atoms with Crippen molar-refractivity contribution >= 4 is 16.3 Å². The number of hydrogen-bond donors (Lipinski definition) is 0. The summed E-state index contributed by atoms with van der Waals surface area (Å²) in [4.78, 5) is 0. The fourth-order valence-electron chi connectivity index (χ4n) is 3.65. The monoisotopic (exact) mass is 308 g/mol. The summed E-state index contributed by atoms with van der Waals surface area (Å²) in [5.41, 5.74) is 2.93. The lowest BCUT2D eigenvalue weighted by Gasteiger charge is -2.22. The summed E-state index contributed by atoms with van der Waals surface area (Å²) in [5.74, 6) is 1.84. The van der Waals surface area contributed by atoms with Crippen LogP contribution in [0.15, 0.2) is 42.5 Å². The molecular formula is C22H28O. The smallest absolute Gasteiger partial charge is 0.119 e.